The van der Waals surface area contributed by atoms with Crippen molar-refractivity contribution in [3.8, 4) is 0 Å². The normalized spacial score (nSPS) is 16.9. The van der Waals surface area contributed by atoms with Gasteiger partial charge in [-0.3, -0.25) is 4.79 Å². The Morgan fingerprint density at radius 2 is 2.00 bits per heavy atom. The quantitative estimate of drug-likeness (QED) is 0.530. The molecule has 0 saturated carbocycles. The first-order chi connectivity index (χ1) is 7.81. The first-order valence-electron chi connectivity index (χ1n) is 5.60. The molecule has 2 aliphatic rings. The van der Waals surface area contributed by atoms with Crippen molar-refractivity contribution in [1.82, 2.24) is 0 Å². The highest BCUT2D eigenvalue weighted by molar-refractivity contribution is 6.03. The summed E-state index contributed by atoms with van der Waals surface area (Å²) in [5.74, 6) is 0.219. The van der Waals surface area contributed by atoms with Crippen LogP contribution >= 0.6 is 0 Å². The third-order valence-corrected chi connectivity index (χ3v) is 3.53. The zero-order valence-electron chi connectivity index (χ0n) is 8.88. The topological polar surface area (TPSA) is 46.5 Å². The van der Waals surface area contributed by atoms with Gasteiger partial charge in [0.1, 0.15) is 0 Å². The molecule has 80 valence electrons. The van der Waals surface area contributed by atoms with Gasteiger partial charge in [0, 0.05) is 12.0 Å². The van der Waals surface area contributed by atoms with E-state index in [0.29, 0.717) is 12.1 Å². The number of nitrogens with zero attached hydrogens (tertiary/aromatic N) is 1. The van der Waals surface area contributed by atoms with Crippen molar-refractivity contribution in [1.29, 1.82) is 0 Å². The smallest absolute Gasteiger partial charge is 0.240 e. The fraction of sp³-hybridized carbons (Fsp3) is 0.385. The number of isocyanates is 1. The summed E-state index contributed by atoms with van der Waals surface area (Å²) in [6.07, 6.45) is 5.96. The maximum Gasteiger partial charge on any atom is 0.240 e. The van der Waals surface area contributed by atoms with Crippen molar-refractivity contribution in [3.05, 3.63) is 28.3 Å². The van der Waals surface area contributed by atoms with Gasteiger partial charge in [-0.2, -0.15) is 4.99 Å². The van der Waals surface area contributed by atoms with E-state index in [-0.39, 0.29) is 5.78 Å². The van der Waals surface area contributed by atoms with Gasteiger partial charge in [0.2, 0.25) is 6.08 Å². The zero-order chi connectivity index (χ0) is 11.1. The number of hydrogen-bond acceptors (Lipinski definition) is 3. The van der Waals surface area contributed by atoms with E-state index in [2.05, 4.69) is 4.99 Å². The molecule has 0 fully saturated rings. The molecular weight excluding hydrogens is 202 g/mol. The summed E-state index contributed by atoms with van der Waals surface area (Å²) in [7, 11) is 0. The Labute approximate surface area is 93.2 Å². The van der Waals surface area contributed by atoms with Crippen molar-refractivity contribution in [2.24, 2.45) is 4.99 Å². The summed E-state index contributed by atoms with van der Waals surface area (Å²) in [6.45, 7) is 0. The van der Waals surface area contributed by atoms with Crippen molar-refractivity contribution in [3.63, 3.8) is 0 Å². The Bertz CT molecular complexity index is 539. The van der Waals surface area contributed by atoms with Gasteiger partial charge in [-0.15, -0.1) is 0 Å². The van der Waals surface area contributed by atoms with Crippen LogP contribution in [0.1, 0.15) is 39.9 Å². The Hall–Kier alpha value is -1.73. The van der Waals surface area contributed by atoms with Crippen molar-refractivity contribution >= 4 is 17.6 Å². The number of benzene rings is 1. The van der Waals surface area contributed by atoms with Gasteiger partial charge in [-0.1, -0.05) is 0 Å². The molecule has 0 aliphatic heterocycles. The second kappa shape index (κ2) is 3.39. The second-order valence-corrected chi connectivity index (χ2v) is 4.37. The van der Waals surface area contributed by atoms with Gasteiger partial charge in [0.15, 0.2) is 5.78 Å². The highest BCUT2D eigenvalue weighted by atomic mass is 16.1. The molecule has 3 heteroatoms. The van der Waals surface area contributed by atoms with Gasteiger partial charge in [0.25, 0.3) is 0 Å². The van der Waals surface area contributed by atoms with Crippen LogP contribution in [0.5, 0.6) is 0 Å². The lowest BCUT2D eigenvalue weighted by Gasteiger charge is -2.08. The first kappa shape index (κ1) is 9.49. The van der Waals surface area contributed by atoms with Crippen LogP contribution in [-0.4, -0.2) is 11.9 Å². The monoisotopic (exact) mass is 213 g/mol. The lowest BCUT2D eigenvalue weighted by molar-refractivity contribution is 0.0994. The van der Waals surface area contributed by atoms with Gasteiger partial charge in [0.05, 0.1) is 5.69 Å². The number of carbonyl (C=O) groups is 1. The lowest BCUT2D eigenvalue weighted by atomic mass is 9.97. The van der Waals surface area contributed by atoms with Crippen molar-refractivity contribution in [2.45, 2.75) is 32.1 Å². The summed E-state index contributed by atoms with van der Waals surface area (Å²) in [4.78, 5) is 26.0. The molecule has 0 radical (unpaired) electrons. The van der Waals surface area contributed by atoms with E-state index in [1.165, 1.54) is 11.1 Å². The maximum absolute atomic E-state index is 11.8. The van der Waals surface area contributed by atoms with E-state index < -0.39 is 0 Å². The van der Waals surface area contributed by atoms with Gasteiger partial charge < -0.3 is 0 Å². The number of Topliss-reactive ketones (excluding diaryl/α,β-unsaturated/α-hetero) is 1. The van der Waals surface area contributed by atoms with Gasteiger partial charge in [-0.25, -0.2) is 4.79 Å². The zero-order valence-corrected chi connectivity index (χ0v) is 8.88. The second-order valence-electron chi connectivity index (χ2n) is 4.37. The SMILES string of the molecule is O=C=Nc1cc2c(c3c1CCC3=O)CCC2. The fourth-order valence-electron chi connectivity index (χ4n) is 2.88. The minimum Gasteiger partial charge on any atom is -0.294 e. The van der Waals surface area contributed by atoms with E-state index in [4.69, 9.17) is 0 Å². The van der Waals surface area contributed by atoms with E-state index >= 15 is 0 Å². The fourth-order valence-corrected chi connectivity index (χ4v) is 2.88. The van der Waals surface area contributed by atoms with Gasteiger partial charge in [-0.05, 0) is 48.4 Å². The average molecular weight is 213 g/mol. The predicted octanol–water partition coefficient (Wildman–Crippen LogP) is 2.27. The number of aliphatic imine (C=N–C) groups is 1. The van der Waals surface area contributed by atoms with E-state index in [0.717, 1.165) is 36.8 Å². The molecule has 0 aromatic heterocycles. The Morgan fingerprint density at radius 3 is 2.81 bits per heavy atom. The van der Waals surface area contributed by atoms with Crippen LogP contribution in [0.3, 0.4) is 0 Å². The van der Waals surface area contributed by atoms with Crippen LogP contribution in [0, 0.1) is 0 Å². The first-order valence-corrected chi connectivity index (χ1v) is 5.60. The maximum atomic E-state index is 11.8. The molecule has 0 heterocycles. The third kappa shape index (κ3) is 1.18. The van der Waals surface area contributed by atoms with Crippen LogP contribution < -0.4 is 0 Å². The molecule has 1 aromatic rings. The number of rotatable bonds is 1. The van der Waals surface area contributed by atoms with Crippen molar-refractivity contribution in [2.75, 3.05) is 0 Å². The lowest BCUT2D eigenvalue weighted by Crippen LogP contribution is -1.99. The predicted molar refractivity (Wildman–Crippen MR) is 58.9 cm³/mol. The standard InChI is InChI=1S/C13H11NO2/c15-7-14-11-6-8-2-1-3-9(8)13-10(11)4-5-12(13)16/h6H,1-5H2. The van der Waals surface area contributed by atoms with E-state index in [1.807, 2.05) is 6.07 Å². The third-order valence-electron chi connectivity index (χ3n) is 3.53. The summed E-state index contributed by atoms with van der Waals surface area (Å²) in [5.41, 5.74) is 4.90. The number of hydrogen-bond donors (Lipinski definition) is 0. The minimum atomic E-state index is 0.219. The minimum absolute atomic E-state index is 0.219. The Balaban J connectivity index is 2.32. The van der Waals surface area contributed by atoms with Crippen LogP contribution in [-0.2, 0) is 24.1 Å². The number of fused-ring (bicyclic) bond motifs is 3. The summed E-state index contributed by atoms with van der Waals surface area (Å²) in [6, 6.07) is 1.96. The van der Waals surface area contributed by atoms with Crippen molar-refractivity contribution < 1.29 is 9.59 Å². The molecule has 3 nitrogen and oxygen atoms in total. The molecule has 2 aliphatic carbocycles. The Kier molecular flexibility index (Phi) is 2.01. The molecule has 1 aromatic carbocycles. The molecule has 0 unspecified atom stereocenters. The summed E-state index contributed by atoms with van der Waals surface area (Å²) < 4.78 is 0. The average Bonchev–Trinajstić information content (AvgIpc) is 2.85. The van der Waals surface area contributed by atoms with Crippen LogP contribution in [0.25, 0.3) is 0 Å². The number of ketones is 1. The Morgan fingerprint density at radius 1 is 1.12 bits per heavy atom. The van der Waals surface area contributed by atoms with E-state index in [1.54, 1.807) is 6.08 Å². The highest BCUT2D eigenvalue weighted by Gasteiger charge is 2.29. The molecule has 0 saturated heterocycles. The van der Waals surface area contributed by atoms with Crippen LogP contribution in [0.2, 0.25) is 0 Å². The molecule has 3 rings (SSSR count). The largest absolute Gasteiger partial charge is 0.294 e. The van der Waals surface area contributed by atoms with Gasteiger partial charge >= 0.3 is 0 Å². The molecule has 16 heavy (non-hydrogen) atoms. The van der Waals surface area contributed by atoms with Crippen LogP contribution in [0.4, 0.5) is 5.69 Å². The molecular formula is C13H11NO2. The highest BCUT2D eigenvalue weighted by Crippen LogP contribution is 2.39. The number of carbonyl (C=O) groups excluding carboxylic acids is 2. The molecule has 0 atom stereocenters. The van der Waals surface area contributed by atoms with E-state index in [9.17, 15) is 9.59 Å². The van der Waals surface area contributed by atoms with Crippen LogP contribution in [0.15, 0.2) is 11.1 Å². The summed E-state index contributed by atoms with van der Waals surface area (Å²) in [5, 5.41) is 0. The molecule has 0 bridgehead atoms. The number of aryl methyl sites for hydroxylation is 1. The molecule has 0 amide bonds. The molecule has 0 N–H and O–H groups in total. The molecule has 0 spiro atoms. The summed E-state index contributed by atoms with van der Waals surface area (Å²) >= 11 is 0.